The number of aromatic nitrogens is 1. The number of hydrogen-bond donors (Lipinski definition) is 1. The van der Waals surface area contributed by atoms with Crippen LogP contribution in [0.15, 0.2) is 46.8 Å². The molecule has 0 fully saturated rings. The molecule has 0 saturated carbocycles. The van der Waals surface area contributed by atoms with E-state index in [0.717, 1.165) is 14.6 Å². The molecule has 1 heterocycles. The summed E-state index contributed by atoms with van der Waals surface area (Å²) in [7, 11) is 0. The molecule has 0 unspecified atom stereocenters. The monoisotopic (exact) mass is 368 g/mol. The van der Waals surface area contributed by atoms with Crippen LogP contribution in [0.1, 0.15) is 0 Å². The molecule has 1 amide bonds. The molecule has 1 N–H and O–H groups in total. The molecule has 1 aromatic heterocycles. The van der Waals surface area contributed by atoms with Crippen LogP contribution in [-0.2, 0) is 4.79 Å². The van der Waals surface area contributed by atoms with Crippen LogP contribution in [-0.4, -0.2) is 16.6 Å². The lowest BCUT2D eigenvalue weighted by Gasteiger charge is -2.05. The van der Waals surface area contributed by atoms with E-state index in [2.05, 4.69) is 10.3 Å². The zero-order valence-corrected chi connectivity index (χ0v) is 14.3. The number of rotatable bonds is 4. The number of benzene rings is 2. The van der Waals surface area contributed by atoms with Gasteiger partial charge in [-0.15, -0.1) is 11.3 Å². The minimum Gasteiger partial charge on any atom is -0.325 e. The average Bonchev–Trinajstić information content (AvgIpc) is 2.87. The van der Waals surface area contributed by atoms with Gasteiger partial charge in [0, 0.05) is 15.7 Å². The van der Waals surface area contributed by atoms with Crippen LogP contribution < -0.4 is 5.32 Å². The maximum Gasteiger partial charge on any atom is 0.234 e. The minimum atomic E-state index is -0.123. The Kier molecular flexibility index (Phi) is 4.88. The van der Waals surface area contributed by atoms with Gasteiger partial charge in [-0.05, 0) is 30.3 Å². The molecule has 3 nitrogen and oxygen atoms in total. The number of nitrogens with one attached hydrogen (secondary N) is 1. The molecule has 0 aliphatic rings. The molecule has 7 heteroatoms. The number of thioether (sulfide) groups is 1. The Labute approximate surface area is 145 Å². The second kappa shape index (κ2) is 6.87. The Bertz CT molecular complexity index is 782. The molecule has 0 spiro atoms. The van der Waals surface area contributed by atoms with Gasteiger partial charge in [0.1, 0.15) is 0 Å². The number of thiazole rings is 1. The molecule has 0 atom stereocenters. The Morgan fingerprint density at radius 2 is 1.91 bits per heavy atom. The zero-order chi connectivity index (χ0) is 15.5. The number of hydrogen-bond acceptors (Lipinski definition) is 4. The van der Waals surface area contributed by atoms with Crippen LogP contribution >= 0.6 is 46.3 Å². The van der Waals surface area contributed by atoms with Gasteiger partial charge in [0.25, 0.3) is 0 Å². The van der Waals surface area contributed by atoms with Crippen LogP contribution in [0.4, 0.5) is 5.69 Å². The molecule has 0 aliphatic heterocycles. The SMILES string of the molecule is O=C(CSc1nc2ccccc2s1)Nc1cc(Cl)cc(Cl)c1. The summed E-state index contributed by atoms with van der Waals surface area (Å²) in [6.07, 6.45) is 0. The van der Waals surface area contributed by atoms with Crippen LogP contribution in [0.2, 0.25) is 10.0 Å². The van der Waals surface area contributed by atoms with Gasteiger partial charge >= 0.3 is 0 Å². The number of fused-ring (bicyclic) bond motifs is 1. The van der Waals surface area contributed by atoms with Crippen molar-refractivity contribution in [2.24, 2.45) is 0 Å². The molecule has 22 heavy (non-hydrogen) atoms. The van der Waals surface area contributed by atoms with Crippen molar-refractivity contribution < 1.29 is 4.79 Å². The Hall–Kier alpha value is -1.27. The van der Waals surface area contributed by atoms with E-state index >= 15 is 0 Å². The largest absolute Gasteiger partial charge is 0.325 e. The van der Waals surface area contributed by atoms with Gasteiger partial charge in [0.2, 0.25) is 5.91 Å². The first-order valence-electron chi connectivity index (χ1n) is 6.34. The lowest BCUT2D eigenvalue weighted by Crippen LogP contribution is -2.13. The van der Waals surface area contributed by atoms with E-state index in [9.17, 15) is 4.79 Å². The van der Waals surface area contributed by atoms with Gasteiger partial charge in [0.05, 0.1) is 16.0 Å². The van der Waals surface area contributed by atoms with Crippen molar-refractivity contribution in [1.82, 2.24) is 4.98 Å². The van der Waals surface area contributed by atoms with E-state index in [0.29, 0.717) is 15.7 Å². The van der Waals surface area contributed by atoms with Crippen molar-refractivity contribution in [2.45, 2.75) is 4.34 Å². The van der Waals surface area contributed by atoms with Crippen molar-refractivity contribution in [3.8, 4) is 0 Å². The normalized spacial score (nSPS) is 10.8. The quantitative estimate of drug-likeness (QED) is 0.632. The summed E-state index contributed by atoms with van der Waals surface area (Å²) >= 11 is 14.8. The number of halogens is 2. The average molecular weight is 369 g/mol. The van der Waals surface area contributed by atoms with Gasteiger partial charge in [-0.3, -0.25) is 4.79 Å². The topological polar surface area (TPSA) is 42.0 Å². The number of para-hydroxylation sites is 1. The molecule has 0 saturated heterocycles. The number of nitrogens with zero attached hydrogens (tertiary/aromatic N) is 1. The summed E-state index contributed by atoms with van der Waals surface area (Å²) in [6.45, 7) is 0. The highest BCUT2D eigenvalue weighted by Crippen LogP contribution is 2.29. The van der Waals surface area contributed by atoms with Gasteiger partial charge in [0.15, 0.2) is 4.34 Å². The van der Waals surface area contributed by atoms with Crippen LogP contribution in [0.3, 0.4) is 0 Å². The van der Waals surface area contributed by atoms with Crippen LogP contribution in [0.5, 0.6) is 0 Å². The van der Waals surface area contributed by atoms with E-state index in [1.165, 1.54) is 11.8 Å². The lowest BCUT2D eigenvalue weighted by atomic mass is 10.3. The third-order valence-corrected chi connectivity index (χ3v) is 5.36. The van der Waals surface area contributed by atoms with Crippen molar-refractivity contribution in [3.05, 3.63) is 52.5 Å². The predicted octanol–water partition coefficient (Wildman–Crippen LogP) is 5.33. The number of amides is 1. The fraction of sp³-hybridized carbons (Fsp3) is 0.0667. The fourth-order valence-corrected chi connectivity index (χ4v) is 4.26. The lowest BCUT2D eigenvalue weighted by molar-refractivity contribution is -0.113. The van der Waals surface area contributed by atoms with E-state index < -0.39 is 0 Å². The van der Waals surface area contributed by atoms with Gasteiger partial charge in [-0.2, -0.15) is 0 Å². The number of anilines is 1. The summed E-state index contributed by atoms with van der Waals surface area (Å²) < 4.78 is 1.99. The first kappa shape index (κ1) is 15.6. The standard InChI is InChI=1S/C15H10Cl2N2OS2/c16-9-5-10(17)7-11(6-9)18-14(20)8-21-15-19-12-3-1-2-4-13(12)22-15/h1-7H,8H2,(H,18,20). The maximum absolute atomic E-state index is 12.0. The second-order valence-electron chi connectivity index (χ2n) is 4.44. The molecule has 3 rings (SSSR count). The Balaban J connectivity index is 1.62. The predicted molar refractivity (Wildman–Crippen MR) is 95.4 cm³/mol. The molecule has 0 bridgehead atoms. The van der Waals surface area contributed by atoms with E-state index in [1.807, 2.05) is 24.3 Å². The number of carbonyl (C=O) groups is 1. The van der Waals surface area contributed by atoms with Crippen LogP contribution in [0, 0.1) is 0 Å². The van der Waals surface area contributed by atoms with Gasteiger partial charge < -0.3 is 5.32 Å². The summed E-state index contributed by atoms with van der Waals surface area (Å²) in [5.74, 6) is 0.159. The Morgan fingerprint density at radius 1 is 1.18 bits per heavy atom. The highest BCUT2D eigenvalue weighted by molar-refractivity contribution is 8.01. The van der Waals surface area contributed by atoms with Crippen molar-refractivity contribution in [1.29, 1.82) is 0 Å². The molecule has 2 aromatic carbocycles. The molecule has 0 aliphatic carbocycles. The second-order valence-corrected chi connectivity index (χ2v) is 7.57. The van der Waals surface area contributed by atoms with Crippen molar-refractivity contribution >= 4 is 68.1 Å². The molecule has 0 radical (unpaired) electrons. The molecule has 3 aromatic rings. The minimum absolute atomic E-state index is 0.123. The smallest absolute Gasteiger partial charge is 0.234 e. The van der Waals surface area contributed by atoms with Crippen molar-refractivity contribution in [2.75, 3.05) is 11.1 Å². The van der Waals surface area contributed by atoms with E-state index in [-0.39, 0.29) is 11.7 Å². The van der Waals surface area contributed by atoms with Gasteiger partial charge in [-0.25, -0.2) is 4.98 Å². The third kappa shape index (κ3) is 3.93. The van der Waals surface area contributed by atoms with E-state index in [4.69, 9.17) is 23.2 Å². The Morgan fingerprint density at radius 3 is 2.64 bits per heavy atom. The summed E-state index contributed by atoms with van der Waals surface area (Å²) in [5, 5.41) is 3.75. The summed E-state index contributed by atoms with van der Waals surface area (Å²) in [6, 6.07) is 12.8. The van der Waals surface area contributed by atoms with Crippen LogP contribution in [0.25, 0.3) is 10.2 Å². The zero-order valence-electron chi connectivity index (χ0n) is 11.2. The maximum atomic E-state index is 12.0. The van der Waals surface area contributed by atoms with Gasteiger partial charge in [-0.1, -0.05) is 47.1 Å². The van der Waals surface area contributed by atoms with Crippen molar-refractivity contribution in [3.63, 3.8) is 0 Å². The first-order valence-corrected chi connectivity index (χ1v) is 8.90. The third-order valence-electron chi connectivity index (χ3n) is 2.75. The first-order chi connectivity index (χ1) is 10.6. The highest BCUT2D eigenvalue weighted by Gasteiger charge is 2.08. The molecule has 112 valence electrons. The summed E-state index contributed by atoms with van der Waals surface area (Å²) in [4.78, 5) is 16.5. The molecular weight excluding hydrogens is 359 g/mol. The highest BCUT2D eigenvalue weighted by atomic mass is 35.5. The summed E-state index contributed by atoms with van der Waals surface area (Å²) in [5.41, 5.74) is 1.55. The fourth-order valence-electron chi connectivity index (χ4n) is 1.86. The molecular formula is C15H10Cl2N2OS2. The number of carbonyl (C=O) groups excluding carboxylic acids is 1. The van der Waals surface area contributed by atoms with E-state index in [1.54, 1.807) is 29.5 Å².